The summed E-state index contributed by atoms with van der Waals surface area (Å²) >= 11 is 7.93. The standard InChI is InChI=1S/C4H5NO2S2/c6-4(7)3(1-8)5-2-9/h3,8H,1H2,(H,6,7). The molecule has 3 nitrogen and oxygen atoms in total. The molecule has 0 heterocycles. The van der Waals surface area contributed by atoms with Crippen LogP contribution in [-0.4, -0.2) is 28.0 Å². The van der Waals surface area contributed by atoms with Gasteiger partial charge in [-0.05, 0) is 12.2 Å². The molecule has 0 aliphatic heterocycles. The van der Waals surface area contributed by atoms with Gasteiger partial charge in [-0.25, -0.2) is 9.79 Å². The van der Waals surface area contributed by atoms with Crippen molar-refractivity contribution in [3.63, 3.8) is 0 Å². The maximum atomic E-state index is 10.1. The van der Waals surface area contributed by atoms with Gasteiger partial charge in [0.1, 0.15) is 0 Å². The maximum Gasteiger partial charge on any atom is 0.330 e. The van der Waals surface area contributed by atoms with Crippen molar-refractivity contribution in [2.24, 2.45) is 4.99 Å². The first-order valence-electron chi connectivity index (χ1n) is 2.13. The average molecular weight is 163 g/mol. The van der Waals surface area contributed by atoms with E-state index < -0.39 is 12.0 Å². The van der Waals surface area contributed by atoms with E-state index in [9.17, 15) is 4.79 Å². The third-order valence-corrected chi connectivity index (χ3v) is 1.12. The molecule has 1 atom stereocenters. The summed E-state index contributed by atoms with van der Waals surface area (Å²) in [4.78, 5) is 13.4. The van der Waals surface area contributed by atoms with E-state index in [1.165, 1.54) is 0 Å². The van der Waals surface area contributed by atoms with Crippen molar-refractivity contribution in [3.05, 3.63) is 0 Å². The first-order valence-corrected chi connectivity index (χ1v) is 3.17. The predicted octanol–water partition coefficient (Wildman–Crippen LogP) is 0.472. The Morgan fingerprint density at radius 1 is 2.00 bits per heavy atom. The first kappa shape index (κ1) is 8.62. The van der Waals surface area contributed by atoms with Gasteiger partial charge in [0.15, 0.2) is 6.04 Å². The van der Waals surface area contributed by atoms with Crippen molar-refractivity contribution in [2.45, 2.75) is 6.04 Å². The average Bonchev–Trinajstić information content (AvgIpc) is 1.82. The zero-order valence-corrected chi connectivity index (χ0v) is 6.15. The van der Waals surface area contributed by atoms with Crippen LogP contribution in [0.1, 0.15) is 0 Å². The molecule has 0 aliphatic carbocycles. The highest BCUT2D eigenvalue weighted by Gasteiger charge is 2.11. The summed E-state index contributed by atoms with van der Waals surface area (Å²) in [7, 11) is 0. The van der Waals surface area contributed by atoms with E-state index in [-0.39, 0.29) is 5.75 Å². The highest BCUT2D eigenvalue weighted by molar-refractivity contribution is 7.80. The molecule has 0 aromatic heterocycles. The van der Waals surface area contributed by atoms with Crippen molar-refractivity contribution < 1.29 is 9.90 Å². The first-order chi connectivity index (χ1) is 4.22. The molecule has 1 unspecified atom stereocenters. The summed E-state index contributed by atoms with van der Waals surface area (Å²) in [6.07, 6.45) is 0. The topological polar surface area (TPSA) is 49.7 Å². The van der Waals surface area contributed by atoms with Gasteiger partial charge in [-0.15, -0.1) is 0 Å². The minimum absolute atomic E-state index is 0.152. The number of hydrogen-bond donors (Lipinski definition) is 2. The molecule has 0 fully saturated rings. The van der Waals surface area contributed by atoms with Crippen molar-refractivity contribution in [1.29, 1.82) is 0 Å². The molecule has 0 radical (unpaired) electrons. The third-order valence-electron chi connectivity index (χ3n) is 0.667. The highest BCUT2D eigenvalue weighted by atomic mass is 32.1. The number of isothiocyanates is 1. The lowest BCUT2D eigenvalue weighted by Gasteiger charge is -1.96. The number of thiocarbonyl (C=S) groups is 1. The van der Waals surface area contributed by atoms with Gasteiger partial charge >= 0.3 is 5.97 Å². The summed E-state index contributed by atoms with van der Waals surface area (Å²) in [5, 5.41) is 10.3. The molecule has 0 aromatic carbocycles. The monoisotopic (exact) mass is 163 g/mol. The molecular formula is C4H5NO2S2. The number of nitrogens with zero attached hydrogens (tertiary/aromatic N) is 1. The van der Waals surface area contributed by atoms with Crippen LogP contribution in [0.3, 0.4) is 0 Å². The smallest absolute Gasteiger partial charge is 0.330 e. The van der Waals surface area contributed by atoms with Crippen molar-refractivity contribution in [1.82, 2.24) is 0 Å². The van der Waals surface area contributed by atoms with E-state index in [1.54, 1.807) is 0 Å². The highest BCUT2D eigenvalue weighted by Crippen LogP contribution is 1.92. The van der Waals surface area contributed by atoms with Crippen LogP contribution in [0.4, 0.5) is 0 Å². The lowest BCUT2D eigenvalue weighted by atomic mass is 10.4. The second kappa shape index (κ2) is 4.49. The number of aliphatic carboxylic acids is 1. The maximum absolute atomic E-state index is 10.1. The van der Waals surface area contributed by atoms with Gasteiger partial charge in [-0.3, -0.25) is 0 Å². The molecule has 0 saturated carbocycles. The van der Waals surface area contributed by atoms with Gasteiger partial charge in [-0.2, -0.15) is 12.6 Å². The second-order valence-electron chi connectivity index (χ2n) is 1.26. The lowest BCUT2D eigenvalue weighted by Crippen LogP contribution is -2.18. The van der Waals surface area contributed by atoms with Gasteiger partial charge in [0.2, 0.25) is 0 Å². The van der Waals surface area contributed by atoms with Crippen LogP contribution in [0.15, 0.2) is 4.99 Å². The van der Waals surface area contributed by atoms with Gasteiger partial charge in [0, 0.05) is 5.75 Å². The number of thiol groups is 1. The molecule has 1 N–H and O–H groups in total. The Kier molecular flexibility index (Phi) is 4.30. The van der Waals surface area contributed by atoms with Gasteiger partial charge < -0.3 is 5.11 Å². The number of carboxylic acid groups (broad SMARTS) is 1. The van der Waals surface area contributed by atoms with Crippen LogP contribution in [0.2, 0.25) is 0 Å². The lowest BCUT2D eigenvalue weighted by molar-refractivity contribution is -0.137. The van der Waals surface area contributed by atoms with Gasteiger partial charge in [0.05, 0.1) is 5.16 Å². The molecule has 0 spiro atoms. The molecular weight excluding hydrogens is 158 g/mol. The molecule has 0 saturated heterocycles. The van der Waals surface area contributed by atoms with Crippen LogP contribution >= 0.6 is 24.8 Å². The normalized spacial score (nSPS) is 11.7. The Morgan fingerprint density at radius 3 is 2.67 bits per heavy atom. The number of rotatable bonds is 3. The summed E-state index contributed by atoms with van der Waals surface area (Å²) in [6, 6.07) is -0.842. The van der Waals surface area contributed by atoms with E-state index in [0.29, 0.717) is 0 Å². The zero-order chi connectivity index (χ0) is 7.28. The van der Waals surface area contributed by atoms with E-state index in [0.717, 1.165) is 0 Å². The van der Waals surface area contributed by atoms with Crippen LogP contribution < -0.4 is 0 Å². The fourth-order valence-corrected chi connectivity index (χ4v) is 0.603. The van der Waals surface area contributed by atoms with E-state index in [2.05, 4.69) is 29.8 Å². The van der Waals surface area contributed by atoms with Crippen LogP contribution in [-0.2, 0) is 4.79 Å². The largest absolute Gasteiger partial charge is 0.480 e. The van der Waals surface area contributed by atoms with Crippen LogP contribution in [0.25, 0.3) is 0 Å². The fourth-order valence-electron chi connectivity index (χ4n) is 0.238. The van der Waals surface area contributed by atoms with Gasteiger partial charge in [-0.1, -0.05) is 0 Å². The van der Waals surface area contributed by atoms with Crippen molar-refractivity contribution in [3.8, 4) is 0 Å². The number of carbonyl (C=O) groups is 1. The van der Waals surface area contributed by atoms with E-state index >= 15 is 0 Å². The molecule has 0 aliphatic rings. The Hall–Kier alpha value is -0.380. The minimum Gasteiger partial charge on any atom is -0.480 e. The minimum atomic E-state index is -1.03. The Labute approximate surface area is 63.2 Å². The van der Waals surface area contributed by atoms with E-state index in [1.807, 2.05) is 5.16 Å². The zero-order valence-electron chi connectivity index (χ0n) is 4.44. The Morgan fingerprint density at radius 2 is 2.56 bits per heavy atom. The van der Waals surface area contributed by atoms with Crippen molar-refractivity contribution in [2.75, 3.05) is 5.75 Å². The number of hydrogen-bond acceptors (Lipinski definition) is 4. The Bertz CT molecular complexity index is 151. The summed E-state index contributed by atoms with van der Waals surface area (Å²) in [6.45, 7) is 0. The fraction of sp³-hybridized carbons (Fsp3) is 0.500. The number of carboxylic acids is 1. The molecule has 0 bridgehead atoms. The van der Waals surface area contributed by atoms with Crippen LogP contribution in [0, 0.1) is 0 Å². The van der Waals surface area contributed by atoms with Crippen LogP contribution in [0.5, 0.6) is 0 Å². The molecule has 5 heteroatoms. The van der Waals surface area contributed by atoms with E-state index in [4.69, 9.17) is 5.11 Å². The summed E-state index contributed by atoms with van der Waals surface area (Å²) in [5.41, 5.74) is 0. The molecule has 0 rings (SSSR count). The van der Waals surface area contributed by atoms with Crippen molar-refractivity contribution >= 4 is 36.0 Å². The van der Waals surface area contributed by atoms with Gasteiger partial charge in [0.25, 0.3) is 0 Å². The molecule has 9 heavy (non-hydrogen) atoms. The quantitative estimate of drug-likeness (QED) is 0.361. The molecule has 0 aromatic rings. The third kappa shape index (κ3) is 3.24. The summed E-state index contributed by atoms with van der Waals surface area (Å²) < 4.78 is 0. The molecule has 50 valence electrons. The predicted molar refractivity (Wildman–Crippen MR) is 40.3 cm³/mol. The second-order valence-corrected chi connectivity index (χ2v) is 1.80. The summed E-state index contributed by atoms with van der Waals surface area (Å²) in [5.74, 6) is -0.874. The number of aliphatic imine (C=N–C) groups is 1. The molecule has 0 amide bonds. The SMILES string of the molecule is O=C(O)C(CS)N=C=S. The Balaban J connectivity index is 3.98.